The van der Waals surface area contributed by atoms with E-state index in [-0.39, 0.29) is 0 Å². The van der Waals surface area contributed by atoms with Crippen molar-refractivity contribution in [3.63, 3.8) is 0 Å². The molecule has 0 aliphatic heterocycles. The molecule has 0 radical (unpaired) electrons. The van der Waals surface area contributed by atoms with Gasteiger partial charge in [0.1, 0.15) is 5.82 Å². The van der Waals surface area contributed by atoms with E-state index in [1.165, 1.54) is 11.3 Å². The Labute approximate surface area is 79.5 Å². The lowest BCUT2D eigenvalue weighted by Crippen LogP contribution is -1.88. The van der Waals surface area contributed by atoms with Gasteiger partial charge in [0.15, 0.2) is 5.13 Å². The number of nitrogens with two attached hydrogens (primary N) is 1. The van der Waals surface area contributed by atoms with Gasteiger partial charge in [-0.25, -0.2) is 15.0 Å². The van der Waals surface area contributed by atoms with Crippen LogP contribution < -0.4 is 5.73 Å². The number of hydrogen-bond donors (Lipinski definition) is 1. The van der Waals surface area contributed by atoms with Crippen LogP contribution in [0.1, 0.15) is 5.82 Å². The van der Waals surface area contributed by atoms with Crippen molar-refractivity contribution in [3.05, 3.63) is 23.6 Å². The lowest BCUT2D eigenvalue weighted by atomic mass is 10.3. The van der Waals surface area contributed by atoms with E-state index in [0.717, 1.165) is 17.1 Å². The van der Waals surface area contributed by atoms with Gasteiger partial charge in [-0.2, -0.15) is 0 Å². The molecular weight excluding hydrogens is 184 g/mol. The lowest BCUT2D eigenvalue weighted by molar-refractivity contribution is 1.05. The topological polar surface area (TPSA) is 64.7 Å². The first-order valence-corrected chi connectivity index (χ1v) is 4.64. The summed E-state index contributed by atoms with van der Waals surface area (Å²) in [5.74, 6) is 0.756. The summed E-state index contributed by atoms with van der Waals surface area (Å²) in [5, 5.41) is 2.46. The summed E-state index contributed by atoms with van der Waals surface area (Å²) >= 11 is 1.41. The summed E-state index contributed by atoms with van der Waals surface area (Å²) in [6.07, 6.45) is 3.49. The van der Waals surface area contributed by atoms with Crippen molar-refractivity contribution < 1.29 is 0 Å². The molecule has 0 fully saturated rings. The van der Waals surface area contributed by atoms with Crippen LogP contribution in [-0.2, 0) is 0 Å². The summed E-state index contributed by atoms with van der Waals surface area (Å²) in [6, 6.07) is 0. The maximum absolute atomic E-state index is 5.51. The zero-order valence-electron chi connectivity index (χ0n) is 7.06. The minimum Gasteiger partial charge on any atom is -0.375 e. The lowest BCUT2D eigenvalue weighted by Gasteiger charge is -1.94. The maximum Gasteiger partial charge on any atom is 0.180 e. The first-order chi connectivity index (χ1) is 6.25. The highest BCUT2D eigenvalue weighted by Gasteiger charge is 2.02. The molecule has 5 heteroatoms. The van der Waals surface area contributed by atoms with Crippen LogP contribution in [0.15, 0.2) is 17.8 Å². The maximum atomic E-state index is 5.51. The van der Waals surface area contributed by atoms with Gasteiger partial charge >= 0.3 is 0 Å². The number of nitrogens with zero attached hydrogens (tertiary/aromatic N) is 3. The van der Waals surface area contributed by atoms with E-state index >= 15 is 0 Å². The highest BCUT2D eigenvalue weighted by atomic mass is 32.1. The number of hydrogen-bond acceptors (Lipinski definition) is 5. The van der Waals surface area contributed by atoms with Gasteiger partial charge in [-0.15, -0.1) is 11.3 Å². The molecule has 4 nitrogen and oxygen atoms in total. The zero-order chi connectivity index (χ0) is 9.26. The standard InChI is InChI=1S/C8H8N4S/c1-5-10-2-6(3-11-5)7-4-13-8(9)12-7/h2-4H,1H3,(H2,9,12). The Morgan fingerprint density at radius 3 is 2.54 bits per heavy atom. The molecule has 0 spiro atoms. The molecule has 0 saturated carbocycles. The van der Waals surface area contributed by atoms with Crippen molar-refractivity contribution in [2.75, 3.05) is 5.73 Å². The van der Waals surface area contributed by atoms with Crippen LogP contribution in [0.25, 0.3) is 11.3 Å². The Balaban J connectivity index is 2.41. The molecule has 13 heavy (non-hydrogen) atoms. The molecule has 2 aromatic rings. The van der Waals surface area contributed by atoms with Crippen LogP contribution in [0.4, 0.5) is 5.13 Å². The highest BCUT2D eigenvalue weighted by Crippen LogP contribution is 2.21. The van der Waals surface area contributed by atoms with Gasteiger partial charge in [0.2, 0.25) is 0 Å². The fourth-order valence-electron chi connectivity index (χ4n) is 0.945. The average molecular weight is 192 g/mol. The number of nitrogen functional groups attached to an aromatic ring is 1. The fourth-order valence-corrected chi connectivity index (χ4v) is 1.52. The van der Waals surface area contributed by atoms with Crippen molar-refractivity contribution in [3.8, 4) is 11.3 Å². The predicted octanol–water partition coefficient (Wildman–Crippen LogP) is 1.49. The predicted molar refractivity (Wildman–Crippen MR) is 52.3 cm³/mol. The van der Waals surface area contributed by atoms with Crippen LogP contribution in [0, 0.1) is 6.92 Å². The van der Waals surface area contributed by atoms with Crippen molar-refractivity contribution in [2.24, 2.45) is 0 Å². The first kappa shape index (κ1) is 8.12. The molecule has 2 heterocycles. The van der Waals surface area contributed by atoms with Gasteiger partial charge in [0, 0.05) is 23.3 Å². The van der Waals surface area contributed by atoms with Crippen LogP contribution in [-0.4, -0.2) is 15.0 Å². The first-order valence-electron chi connectivity index (χ1n) is 3.76. The Morgan fingerprint density at radius 1 is 1.31 bits per heavy atom. The van der Waals surface area contributed by atoms with Gasteiger partial charge in [0.05, 0.1) is 5.69 Å². The second-order valence-electron chi connectivity index (χ2n) is 2.59. The molecule has 0 saturated heterocycles. The summed E-state index contributed by atoms with van der Waals surface area (Å²) < 4.78 is 0. The molecule has 0 bridgehead atoms. The van der Waals surface area contributed by atoms with Crippen LogP contribution in [0.3, 0.4) is 0 Å². The third-order valence-corrected chi connectivity index (χ3v) is 2.27. The molecule has 0 atom stereocenters. The van der Waals surface area contributed by atoms with E-state index < -0.39 is 0 Å². The van der Waals surface area contributed by atoms with E-state index in [0.29, 0.717) is 5.13 Å². The number of thiazole rings is 1. The molecule has 0 unspecified atom stereocenters. The van der Waals surface area contributed by atoms with Gasteiger partial charge in [-0.3, -0.25) is 0 Å². The Hall–Kier alpha value is -1.49. The molecule has 2 rings (SSSR count). The number of rotatable bonds is 1. The molecule has 0 amide bonds. The van der Waals surface area contributed by atoms with Crippen molar-refractivity contribution >= 4 is 16.5 Å². The quantitative estimate of drug-likeness (QED) is 0.743. The second kappa shape index (κ2) is 3.10. The van der Waals surface area contributed by atoms with Gasteiger partial charge < -0.3 is 5.73 Å². The van der Waals surface area contributed by atoms with E-state index in [1.807, 2.05) is 12.3 Å². The van der Waals surface area contributed by atoms with Crippen molar-refractivity contribution in [1.82, 2.24) is 15.0 Å². The summed E-state index contributed by atoms with van der Waals surface area (Å²) in [7, 11) is 0. The highest BCUT2D eigenvalue weighted by molar-refractivity contribution is 7.13. The molecule has 0 aliphatic rings. The normalized spacial score (nSPS) is 10.2. The average Bonchev–Trinajstić information content (AvgIpc) is 2.53. The molecule has 0 aliphatic carbocycles. The third kappa shape index (κ3) is 1.65. The zero-order valence-corrected chi connectivity index (χ0v) is 7.88. The number of anilines is 1. The largest absolute Gasteiger partial charge is 0.375 e. The summed E-state index contributed by atoms with van der Waals surface area (Å²) in [4.78, 5) is 12.3. The minimum absolute atomic E-state index is 0.565. The van der Waals surface area contributed by atoms with Gasteiger partial charge in [0.25, 0.3) is 0 Å². The molecule has 66 valence electrons. The Bertz CT molecular complexity index is 406. The van der Waals surface area contributed by atoms with Gasteiger partial charge in [-0.05, 0) is 6.92 Å². The monoisotopic (exact) mass is 192 g/mol. The number of aromatic nitrogens is 3. The minimum atomic E-state index is 0.565. The molecule has 0 aromatic carbocycles. The molecular formula is C8H8N4S. The molecule has 2 N–H and O–H groups in total. The fraction of sp³-hybridized carbons (Fsp3) is 0.125. The van der Waals surface area contributed by atoms with E-state index in [9.17, 15) is 0 Å². The van der Waals surface area contributed by atoms with Crippen molar-refractivity contribution in [2.45, 2.75) is 6.92 Å². The Kier molecular flexibility index (Phi) is 1.94. The second-order valence-corrected chi connectivity index (χ2v) is 3.48. The van der Waals surface area contributed by atoms with E-state index in [1.54, 1.807) is 12.4 Å². The van der Waals surface area contributed by atoms with E-state index in [2.05, 4.69) is 15.0 Å². The van der Waals surface area contributed by atoms with Crippen LogP contribution >= 0.6 is 11.3 Å². The SMILES string of the molecule is Cc1ncc(-c2csc(N)n2)cn1. The third-order valence-electron chi connectivity index (χ3n) is 1.60. The van der Waals surface area contributed by atoms with Crippen molar-refractivity contribution in [1.29, 1.82) is 0 Å². The summed E-state index contributed by atoms with van der Waals surface area (Å²) in [5.41, 5.74) is 7.25. The van der Waals surface area contributed by atoms with E-state index in [4.69, 9.17) is 5.73 Å². The van der Waals surface area contributed by atoms with Gasteiger partial charge in [-0.1, -0.05) is 0 Å². The molecule has 2 aromatic heterocycles. The Morgan fingerprint density at radius 2 is 2.00 bits per heavy atom. The summed E-state index contributed by atoms with van der Waals surface area (Å²) in [6.45, 7) is 1.85. The number of aryl methyl sites for hydroxylation is 1. The van der Waals surface area contributed by atoms with Crippen LogP contribution in [0.5, 0.6) is 0 Å². The smallest absolute Gasteiger partial charge is 0.180 e. The van der Waals surface area contributed by atoms with Crippen LogP contribution in [0.2, 0.25) is 0 Å².